The molecule has 0 aliphatic heterocycles. The second-order valence-corrected chi connectivity index (χ2v) is 7.79. The molecular formula is C16H26N2O3S. The fourth-order valence-electron chi connectivity index (χ4n) is 1.76. The molecule has 6 heteroatoms. The van der Waals surface area contributed by atoms with Crippen molar-refractivity contribution in [3.8, 4) is 0 Å². The number of alkyl carbamates (subject to hydrolysis) is 1. The molecule has 124 valence electrons. The largest absolute Gasteiger partial charge is 0.444 e. The van der Waals surface area contributed by atoms with E-state index in [1.807, 2.05) is 58.4 Å². The lowest BCUT2D eigenvalue weighted by Gasteiger charge is -2.29. The van der Waals surface area contributed by atoms with E-state index in [-0.39, 0.29) is 11.8 Å². The van der Waals surface area contributed by atoms with Crippen molar-refractivity contribution in [1.82, 2.24) is 10.6 Å². The summed E-state index contributed by atoms with van der Waals surface area (Å²) in [4.78, 5) is 23.9. The Bertz CT molecular complexity index is 504. The molecule has 0 bridgehead atoms. The quantitative estimate of drug-likeness (QED) is 0.872. The van der Waals surface area contributed by atoms with Crippen molar-refractivity contribution in [2.24, 2.45) is 0 Å². The predicted molar refractivity (Wildman–Crippen MR) is 89.2 cm³/mol. The average molecular weight is 326 g/mol. The van der Waals surface area contributed by atoms with Crippen molar-refractivity contribution >= 4 is 23.3 Å². The van der Waals surface area contributed by atoms with E-state index in [1.54, 1.807) is 11.3 Å². The molecule has 0 fully saturated rings. The van der Waals surface area contributed by atoms with Crippen molar-refractivity contribution in [2.75, 3.05) is 6.54 Å². The third-order valence-electron chi connectivity index (χ3n) is 2.98. The molecule has 0 saturated heterocycles. The number of hydrogen-bond donors (Lipinski definition) is 2. The van der Waals surface area contributed by atoms with Crippen LogP contribution < -0.4 is 10.6 Å². The maximum Gasteiger partial charge on any atom is 0.408 e. The minimum absolute atomic E-state index is 0.0579. The van der Waals surface area contributed by atoms with Gasteiger partial charge in [-0.2, -0.15) is 11.3 Å². The zero-order chi connectivity index (χ0) is 17.0. The third-order valence-corrected chi connectivity index (χ3v) is 3.68. The highest BCUT2D eigenvalue weighted by Crippen LogP contribution is 2.18. The summed E-state index contributed by atoms with van der Waals surface area (Å²) in [5.74, 6) is -0.263. The molecule has 0 spiro atoms. The van der Waals surface area contributed by atoms with E-state index in [1.165, 1.54) is 0 Å². The summed E-state index contributed by atoms with van der Waals surface area (Å²) < 4.78 is 5.23. The third kappa shape index (κ3) is 6.47. The lowest BCUT2D eigenvalue weighted by molar-refractivity contribution is -0.122. The summed E-state index contributed by atoms with van der Waals surface area (Å²) in [6.45, 7) is 11.3. The lowest BCUT2D eigenvalue weighted by atomic mass is 10.0. The van der Waals surface area contributed by atoms with E-state index in [0.717, 1.165) is 5.56 Å². The molecule has 0 aliphatic carbocycles. The summed E-state index contributed by atoms with van der Waals surface area (Å²) in [6, 6.07) is 1.94. The van der Waals surface area contributed by atoms with Crippen LogP contribution in [0.4, 0.5) is 4.79 Å². The van der Waals surface area contributed by atoms with E-state index in [2.05, 4.69) is 10.6 Å². The van der Waals surface area contributed by atoms with Gasteiger partial charge in [0.2, 0.25) is 5.91 Å². The van der Waals surface area contributed by atoms with Gasteiger partial charge >= 0.3 is 6.09 Å². The van der Waals surface area contributed by atoms with Crippen LogP contribution in [0.15, 0.2) is 16.8 Å². The lowest BCUT2D eigenvalue weighted by Crippen LogP contribution is -2.52. The van der Waals surface area contributed by atoms with Crippen molar-refractivity contribution in [3.05, 3.63) is 22.4 Å². The van der Waals surface area contributed by atoms with Gasteiger partial charge in [-0.3, -0.25) is 4.79 Å². The molecule has 1 unspecified atom stereocenters. The van der Waals surface area contributed by atoms with E-state index in [4.69, 9.17) is 4.74 Å². The maximum absolute atomic E-state index is 12.2. The number of carbonyl (C=O) groups is 2. The molecule has 1 atom stereocenters. The Kier molecular flexibility index (Phi) is 6.00. The van der Waals surface area contributed by atoms with Crippen LogP contribution in [0.3, 0.4) is 0 Å². The Balaban J connectivity index is 2.48. The highest BCUT2D eigenvalue weighted by molar-refractivity contribution is 7.08. The minimum Gasteiger partial charge on any atom is -0.444 e. The number of hydrogen-bond acceptors (Lipinski definition) is 4. The first-order valence-electron chi connectivity index (χ1n) is 7.31. The van der Waals surface area contributed by atoms with Crippen molar-refractivity contribution < 1.29 is 14.3 Å². The fraction of sp³-hybridized carbons (Fsp3) is 0.625. The SMILES string of the molecule is CC(C(=O)NCC(C)(C)NC(=O)OC(C)(C)C)c1ccsc1. The first-order valence-corrected chi connectivity index (χ1v) is 8.25. The average Bonchev–Trinajstić information content (AvgIpc) is 2.85. The van der Waals surface area contributed by atoms with Crippen LogP contribution in [0.2, 0.25) is 0 Å². The van der Waals surface area contributed by atoms with Gasteiger partial charge in [0, 0.05) is 6.54 Å². The Hall–Kier alpha value is -1.56. The van der Waals surface area contributed by atoms with Gasteiger partial charge in [-0.1, -0.05) is 0 Å². The molecule has 5 nitrogen and oxygen atoms in total. The van der Waals surface area contributed by atoms with E-state index in [0.29, 0.717) is 6.54 Å². The first-order chi connectivity index (χ1) is 10.0. The molecule has 0 aliphatic rings. The van der Waals surface area contributed by atoms with Crippen LogP contribution in [0.1, 0.15) is 53.0 Å². The van der Waals surface area contributed by atoms with Gasteiger partial charge in [-0.15, -0.1) is 0 Å². The van der Waals surface area contributed by atoms with Gasteiger partial charge in [0.15, 0.2) is 0 Å². The summed E-state index contributed by atoms with van der Waals surface area (Å²) in [7, 11) is 0. The van der Waals surface area contributed by atoms with Crippen LogP contribution in [0.5, 0.6) is 0 Å². The van der Waals surface area contributed by atoms with Crippen molar-refractivity contribution in [1.29, 1.82) is 0 Å². The molecule has 22 heavy (non-hydrogen) atoms. The number of carbonyl (C=O) groups excluding carboxylic acids is 2. The molecule has 1 aromatic heterocycles. The Morgan fingerprint density at radius 1 is 1.27 bits per heavy atom. The molecule has 2 amide bonds. The van der Waals surface area contributed by atoms with Gasteiger partial charge in [-0.25, -0.2) is 4.79 Å². The molecule has 1 aromatic rings. The monoisotopic (exact) mass is 326 g/mol. The molecule has 0 saturated carbocycles. The normalized spacial score (nSPS) is 13.4. The summed E-state index contributed by atoms with van der Waals surface area (Å²) in [6.07, 6.45) is -0.488. The Morgan fingerprint density at radius 2 is 1.91 bits per heavy atom. The number of ether oxygens (including phenoxy) is 1. The van der Waals surface area contributed by atoms with E-state index in [9.17, 15) is 9.59 Å². The van der Waals surface area contributed by atoms with Crippen LogP contribution in [-0.4, -0.2) is 29.7 Å². The zero-order valence-corrected chi connectivity index (χ0v) is 15.0. The highest BCUT2D eigenvalue weighted by Gasteiger charge is 2.26. The fourth-order valence-corrected chi connectivity index (χ4v) is 2.51. The van der Waals surface area contributed by atoms with E-state index < -0.39 is 17.2 Å². The summed E-state index contributed by atoms with van der Waals surface area (Å²) >= 11 is 1.57. The number of amides is 2. The number of nitrogens with one attached hydrogen (secondary N) is 2. The number of rotatable bonds is 5. The second-order valence-electron chi connectivity index (χ2n) is 7.01. The zero-order valence-electron chi connectivity index (χ0n) is 14.1. The summed E-state index contributed by atoms with van der Waals surface area (Å²) in [5, 5.41) is 9.56. The van der Waals surface area contributed by atoms with Crippen molar-refractivity contribution in [2.45, 2.75) is 58.6 Å². The smallest absolute Gasteiger partial charge is 0.408 e. The van der Waals surface area contributed by atoms with Gasteiger partial charge in [-0.05, 0) is 63.9 Å². The number of thiophene rings is 1. The standard InChI is InChI=1S/C16H26N2O3S/c1-11(12-7-8-22-9-12)13(19)17-10-16(5,6)18-14(20)21-15(2,3)4/h7-9,11H,10H2,1-6H3,(H,17,19)(H,18,20). The van der Waals surface area contributed by atoms with Gasteiger partial charge < -0.3 is 15.4 Å². The molecule has 1 rings (SSSR count). The molecule has 0 aromatic carbocycles. The Morgan fingerprint density at radius 3 is 2.41 bits per heavy atom. The minimum atomic E-state index is -0.591. The van der Waals surface area contributed by atoms with Crippen LogP contribution in [0, 0.1) is 0 Å². The van der Waals surface area contributed by atoms with Gasteiger partial charge in [0.05, 0.1) is 11.5 Å². The van der Waals surface area contributed by atoms with Gasteiger partial charge in [0.25, 0.3) is 0 Å². The van der Waals surface area contributed by atoms with Gasteiger partial charge in [0.1, 0.15) is 5.60 Å². The Labute approximate surface area is 136 Å². The second kappa shape index (κ2) is 7.13. The maximum atomic E-state index is 12.2. The molecule has 0 radical (unpaired) electrons. The van der Waals surface area contributed by atoms with Crippen LogP contribution >= 0.6 is 11.3 Å². The topological polar surface area (TPSA) is 67.4 Å². The van der Waals surface area contributed by atoms with Crippen LogP contribution in [-0.2, 0) is 9.53 Å². The molecule has 1 heterocycles. The molecule has 2 N–H and O–H groups in total. The predicted octanol–water partition coefficient (Wildman–Crippen LogP) is 3.27. The molecular weight excluding hydrogens is 300 g/mol. The highest BCUT2D eigenvalue weighted by atomic mass is 32.1. The van der Waals surface area contributed by atoms with E-state index >= 15 is 0 Å². The van der Waals surface area contributed by atoms with Crippen molar-refractivity contribution in [3.63, 3.8) is 0 Å². The first kappa shape index (κ1) is 18.5. The summed E-state index contributed by atoms with van der Waals surface area (Å²) in [5.41, 5.74) is -0.135. The van der Waals surface area contributed by atoms with Crippen LogP contribution in [0.25, 0.3) is 0 Å².